The molecule has 1 amide bonds. The number of hydrogen-bond acceptors (Lipinski definition) is 5. The second-order valence-corrected chi connectivity index (χ2v) is 8.18. The molecule has 7 nitrogen and oxygen atoms in total. The molecule has 168 valence electrons. The second kappa shape index (κ2) is 9.44. The fraction of sp³-hybridized carbons (Fsp3) is 0.360. The maximum Gasteiger partial charge on any atom is 0.373 e. The maximum absolute atomic E-state index is 13.1. The summed E-state index contributed by atoms with van der Waals surface area (Å²) in [5.41, 5.74) is 4.11. The van der Waals surface area contributed by atoms with Crippen molar-refractivity contribution in [3.05, 3.63) is 77.0 Å². The molecule has 0 atom stereocenters. The van der Waals surface area contributed by atoms with Crippen molar-refractivity contribution in [1.29, 1.82) is 0 Å². The largest absolute Gasteiger partial charge is 0.463 e. The van der Waals surface area contributed by atoms with Crippen LogP contribution in [0.1, 0.15) is 44.5 Å². The van der Waals surface area contributed by atoms with E-state index in [4.69, 9.17) is 9.15 Å². The van der Waals surface area contributed by atoms with Crippen LogP contribution in [0.5, 0.6) is 0 Å². The third kappa shape index (κ3) is 4.62. The van der Waals surface area contributed by atoms with Crippen LogP contribution < -0.4 is 0 Å². The molecule has 3 aromatic rings. The Labute approximate surface area is 188 Å². The summed E-state index contributed by atoms with van der Waals surface area (Å²) in [6.07, 6.45) is 0.885. The van der Waals surface area contributed by atoms with Crippen LogP contribution in [0.2, 0.25) is 0 Å². The van der Waals surface area contributed by atoms with E-state index in [1.54, 1.807) is 12.1 Å². The Balaban J connectivity index is 1.37. The molecule has 1 saturated heterocycles. The van der Waals surface area contributed by atoms with Crippen LogP contribution in [-0.2, 0) is 11.3 Å². The average molecular weight is 436 g/mol. The number of carbonyl (C=O) groups is 2. The monoisotopic (exact) mass is 435 g/mol. The molecular weight excluding hydrogens is 406 g/mol. The fourth-order valence-electron chi connectivity index (χ4n) is 4.24. The molecule has 7 heteroatoms. The summed E-state index contributed by atoms with van der Waals surface area (Å²) in [7, 11) is 1.33. The van der Waals surface area contributed by atoms with Crippen molar-refractivity contribution in [2.24, 2.45) is 0 Å². The summed E-state index contributed by atoms with van der Waals surface area (Å²) in [5, 5.41) is 0. The van der Waals surface area contributed by atoms with Crippen molar-refractivity contribution < 1.29 is 18.7 Å². The SMILES string of the molecule is COC(=O)c1ccc(CN2CCCN(C(=O)c3ccc(-n4c(C)ccc4C)cc3)CC2)o1. The lowest BCUT2D eigenvalue weighted by molar-refractivity contribution is 0.0560. The van der Waals surface area contributed by atoms with Crippen LogP contribution in [0.3, 0.4) is 0 Å². The van der Waals surface area contributed by atoms with E-state index in [2.05, 4.69) is 35.4 Å². The molecule has 32 heavy (non-hydrogen) atoms. The van der Waals surface area contributed by atoms with Crippen LogP contribution in [0, 0.1) is 13.8 Å². The first-order valence-electron chi connectivity index (χ1n) is 10.9. The Morgan fingerprint density at radius 1 is 0.906 bits per heavy atom. The highest BCUT2D eigenvalue weighted by molar-refractivity contribution is 5.94. The molecule has 1 aliphatic rings. The van der Waals surface area contributed by atoms with Gasteiger partial charge in [0.25, 0.3) is 5.91 Å². The molecule has 0 saturated carbocycles. The van der Waals surface area contributed by atoms with Gasteiger partial charge in [-0.3, -0.25) is 9.69 Å². The number of furan rings is 1. The number of ether oxygens (including phenoxy) is 1. The van der Waals surface area contributed by atoms with Crippen LogP contribution >= 0.6 is 0 Å². The molecule has 1 aromatic carbocycles. The van der Waals surface area contributed by atoms with Gasteiger partial charge < -0.3 is 18.6 Å². The molecule has 4 rings (SSSR count). The smallest absolute Gasteiger partial charge is 0.373 e. The Morgan fingerprint density at radius 2 is 1.62 bits per heavy atom. The molecular formula is C25H29N3O4. The average Bonchev–Trinajstić information content (AvgIpc) is 3.32. The first kappa shape index (κ1) is 21.9. The van der Waals surface area contributed by atoms with E-state index in [1.807, 2.05) is 29.2 Å². The number of esters is 1. The molecule has 0 unspecified atom stereocenters. The van der Waals surface area contributed by atoms with Crippen LogP contribution in [0.25, 0.3) is 5.69 Å². The van der Waals surface area contributed by atoms with Crippen molar-refractivity contribution >= 4 is 11.9 Å². The highest BCUT2D eigenvalue weighted by Gasteiger charge is 2.21. The quantitative estimate of drug-likeness (QED) is 0.570. The number of methoxy groups -OCH3 is 1. The summed E-state index contributed by atoms with van der Waals surface area (Å²) in [5.74, 6) is 0.515. The van der Waals surface area contributed by atoms with Gasteiger partial charge in [0.1, 0.15) is 5.76 Å². The Kier molecular flexibility index (Phi) is 6.46. The highest BCUT2D eigenvalue weighted by atomic mass is 16.5. The molecule has 0 N–H and O–H groups in total. The van der Waals surface area contributed by atoms with Gasteiger partial charge in [-0.15, -0.1) is 0 Å². The number of nitrogens with zero attached hydrogens (tertiary/aromatic N) is 3. The van der Waals surface area contributed by atoms with Gasteiger partial charge in [0.2, 0.25) is 5.76 Å². The standard InChI is InChI=1S/C25H29N3O4/c1-18-5-6-19(2)28(18)21-9-7-20(8-10-21)24(29)27-14-4-13-26(15-16-27)17-22-11-12-23(32-22)25(30)31-3/h5-12H,4,13-17H2,1-3H3. The molecule has 3 heterocycles. The van der Waals surface area contributed by atoms with E-state index in [0.717, 1.165) is 37.5 Å². The van der Waals surface area contributed by atoms with Gasteiger partial charge in [0.05, 0.1) is 13.7 Å². The summed E-state index contributed by atoms with van der Waals surface area (Å²) in [6.45, 7) is 7.74. The van der Waals surface area contributed by atoms with E-state index in [-0.39, 0.29) is 11.7 Å². The number of benzene rings is 1. The van der Waals surface area contributed by atoms with E-state index in [1.165, 1.54) is 18.5 Å². The van der Waals surface area contributed by atoms with Gasteiger partial charge in [-0.1, -0.05) is 0 Å². The number of amides is 1. The predicted octanol–water partition coefficient (Wildman–Crippen LogP) is 3.82. The third-order valence-corrected chi connectivity index (χ3v) is 5.95. The summed E-state index contributed by atoms with van der Waals surface area (Å²) < 4.78 is 12.5. The number of aryl methyl sites for hydroxylation is 2. The topological polar surface area (TPSA) is 67.9 Å². The lowest BCUT2D eigenvalue weighted by Gasteiger charge is -2.22. The van der Waals surface area contributed by atoms with Gasteiger partial charge >= 0.3 is 5.97 Å². The highest BCUT2D eigenvalue weighted by Crippen LogP contribution is 2.19. The van der Waals surface area contributed by atoms with Gasteiger partial charge in [-0.05, 0) is 68.8 Å². The second-order valence-electron chi connectivity index (χ2n) is 8.18. The van der Waals surface area contributed by atoms with Crippen LogP contribution in [-0.4, -0.2) is 59.5 Å². The Hall–Kier alpha value is -3.32. The first-order chi connectivity index (χ1) is 15.5. The van der Waals surface area contributed by atoms with Gasteiger partial charge in [0, 0.05) is 48.8 Å². The molecule has 0 radical (unpaired) electrons. The third-order valence-electron chi connectivity index (χ3n) is 5.95. The lowest BCUT2D eigenvalue weighted by Crippen LogP contribution is -2.35. The van der Waals surface area contributed by atoms with Gasteiger partial charge in [-0.25, -0.2) is 4.79 Å². The first-order valence-corrected chi connectivity index (χ1v) is 10.9. The molecule has 0 spiro atoms. The Bertz CT molecular complexity index is 1080. The molecule has 0 aliphatic carbocycles. The van der Waals surface area contributed by atoms with Crippen molar-refractivity contribution in [2.75, 3.05) is 33.3 Å². The number of carbonyl (C=O) groups excluding carboxylic acids is 2. The number of hydrogen-bond donors (Lipinski definition) is 0. The fourth-order valence-corrected chi connectivity index (χ4v) is 4.24. The van der Waals surface area contributed by atoms with Crippen molar-refractivity contribution in [3.63, 3.8) is 0 Å². The van der Waals surface area contributed by atoms with Crippen molar-refractivity contribution in [3.8, 4) is 5.69 Å². The molecule has 2 aromatic heterocycles. The van der Waals surface area contributed by atoms with Gasteiger partial charge in [-0.2, -0.15) is 0 Å². The van der Waals surface area contributed by atoms with E-state index >= 15 is 0 Å². The number of rotatable bonds is 5. The number of aromatic nitrogens is 1. The van der Waals surface area contributed by atoms with E-state index in [9.17, 15) is 9.59 Å². The zero-order valence-electron chi connectivity index (χ0n) is 18.8. The minimum absolute atomic E-state index is 0.0605. The van der Waals surface area contributed by atoms with Gasteiger partial charge in [0.15, 0.2) is 0 Å². The molecule has 1 aliphatic heterocycles. The summed E-state index contributed by atoms with van der Waals surface area (Å²) in [6, 6.07) is 15.5. The minimum Gasteiger partial charge on any atom is -0.463 e. The van der Waals surface area contributed by atoms with Crippen LogP contribution in [0.15, 0.2) is 52.9 Å². The normalized spacial score (nSPS) is 14.9. The maximum atomic E-state index is 13.1. The lowest BCUT2D eigenvalue weighted by atomic mass is 10.1. The van der Waals surface area contributed by atoms with Crippen molar-refractivity contribution in [1.82, 2.24) is 14.4 Å². The van der Waals surface area contributed by atoms with Crippen LogP contribution in [0.4, 0.5) is 0 Å². The zero-order chi connectivity index (χ0) is 22.7. The van der Waals surface area contributed by atoms with E-state index in [0.29, 0.717) is 18.7 Å². The molecule has 0 bridgehead atoms. The minimum atomic E-state index is -0.475. The zero-order valence-corrected chi connectivity index (χ0v) is 18.8. The predicted molar refractivity (Wildman–Crippen MR) is 121 cm³/mol. The van der Waals surface area contributed by atoms with Crippen molar-refractivity contribution in [2.45, 2.75) is 26.8 Å². The summed E-state index contributed by atoms with van der Waals surface area (Å²) in [4.78, 5) is 28.8. The van der Waals surface area contributed by atoms with E-state index < -0.39 is 5.97 Å². The Morgan fingerprint density at radius 3 is 2.31 bits per heavy atom. The molecule has 1 fully saturated rings. The summed E-state index contributed by atoms with van der Waals surface area (Å²) >= 11 is 0.